The second kappa shape index (κ2) is 6.25. The first-order valence-electron chi connectivity index (χ1n) is 8.06. The molecule has 1 aromatic heterocycles. The minimum Gasteiger partial charge on any atom is -0.456 e. The molecule has 3 rings (SSSR count). The maximum Gasteiger partial charge on any atom is 0.340 e. The highest BCUT2D eigenvalue weighted by molar-refractivity contribution is 8.49. The molecule has 0 saturated heterocycles. The number of hydrogen-bond donors (Lipinski definition) is 1. The van der Waals surface area contributed by atoms with E-state index in [4.69, 9.17) is 16.3 Å². The van der Waals surface area contributed by atoms with E-state index in [1.54, 1.807) is 0 Å². The summed E-state index contributed by atoms with van der Waals surface area (Å²) in [6.45, 7) is 0. The molecule has 7 nitrogen and oxygen atoms in total. The van der Waals surface area contributed by atoms with Crippen LogP contribution >= 0.6 is 21.4 Å². The predicted octanol–water partition coefficient (Wildman–Crippen LogP) is 4.07. The lowest BCUT2D eigenvalue weighted by Gasteiger charge is -2.46. The van der Waals surface area contributed by atoms with Gasteiger partial charge in [0.05, 0.1) is 21.9 Å². The van der Waals surface area contributed by atoms with Gasteiger partial charge in [0.1, 0.15) is 11.5 Å². The van der Waals surface area contributed by atoms with Gasteiger partial charge in [-0.2, -0.15) is 0 Å². The summed E-state index contributed by atoms with van der Waals surface area (Å²) >= 11 is 6.10. The van der Waals surface area contributed by atoms with Gasteiger partial charge < -0.3 is 4.74 Å². The molecule has 0 aliphatic rings. The quantitative estimate of drug-likeness (QED) is 0.586. The van der Waals surface area contributed by atoms with Crippen molar-refractivity contribution in [2.24, 2.45) is 7.05 Å². The summed E-state index contributed by atoms with van der Waals surface area (Å²) < 4.78 is 60.4. The third-order valence-electron chi connectivity index (χ3n) is 4.02. The molecule has 3 aromatic rings. The summed E-state index contributed by atoms with van der Waals surface area (Å²) in [5.41, 5.74) is -2.75. The van der Waals surface area contributed by atoms with Gasteiger partial charge in [0, 0.05) is 7.05 Å². The van der Waals surface area contributed by atoms with Crippen molar-refractivity contribution in [3.05, 3.63) is 78.9 Å². The Kier molecular flexibility index (Phi) is 4.53. The number of rotatable bonds is 4. The second-order valence-corrected chi connectivity index (χ2v) is 10.4. The molecule has 162 valence electrons. The topological polar surface area (TPSA) is 86.1 Å². The van der Waals surface area contributed by atoms with Crippen LogP contribution in [0.5, 0.6) is 11.5 Å². The van der Waals surface area contributed by atoms with E-state index >= 15 is 0 Å². The molecule has 0 radical (unpaired) electrons. The second-order valence-electron chi connectivity index (χ2n) is 6.58. The van der Waals surface area contributed by atoms with Crippen molar-refractivity contribution in [2.45, 2.75) is 4.90 Å². The third kappa shape index (κ3) is 4.28. The molecule has 0 unspecified atom stereocenters. The first-order valence-corrected chi connectivity index (χ1v) is 10.9. The van der Waals surface area contributed by atoms with Gasteiger partial charge in [-0.15, -0.1) is 15.5 Å². The number of aromatic nitrogens is 3. The van der Waals surface area contributed by atoms with Gasteiger partial charge in [-0.05, 0) is 42.5 Å². The molecule has 0 aliphatic carbocycles. The van der Waals surface area contributed by atoms with Crippen LogP contribution in [-0.4, -0.2) is 20.4 Å². The highest BCUT2D eigenvalue weighted by Crippen LogP contribution is 2.98. The van der Waals surface area contributed by atoms with Gasteiger partial charge >= 0.3 is 17.1 Å². The third-order valence-corrected chi connectivity index (χ3v) is 5.77. The van der Waals surface area contributed by atoms with Crippen LogP contribution in [0, 0.1) is 0 Å². The van der Waals surface area contributed by atoms with E-state index in [1.807, 2.05) is 4.98 Å². The Morgan fingerprint density at radius 1 is 0.967 bits per heavy atom. The summed E-state index contributed by atoms with van der Waals surface area (Å²) in [5.74, 6) is -0.0431. The number of benzene rings is 2. The lowest BCUT2D eigenvalue weighted by Crippen LogP contribution is -2.47. The van der Waals surface area contributed by atoms with Crippen molar-refractivity contribution in [1.82, 2.24) is 14.1 Å². The predicted molar refractivity (Wildman–Crippen MR) is 106 cm³/mol. The van der Waals surface area contributed by atoms with E-state index in [0.717, 1.165) is 12.1 Å². The Labute approximate surface area is 170 Å². The molecule has 0 saturated carbocycles. The van der Waals surface area contributed by atoms with E-state index in [9.17, 15) is 29.9 Å². The Bertz CT molecular complexity index is 1330. The minimum absolute atomic E-state index is 0.00561. The average Bonchev–Trinajstić information content (AvgIpc) is 2.60. The first-order chi connectivity index (χ1) is 13.6. The maximum absolute atomic E-state index is 13.4. The molecule has 0 atom stereocenters. The fourth-order valence-corrected chi connectivity index (χ4v) is 3.50. The van der Waals surface area contributed by atoms with Crippen molar-refractivity contribution in [2.75, 3.05) is 6.26 Å². The molecule has 0 spiro atoms. The van der Waals surface area contributed by atoms with Crippen LogP contribution in [-0.2, 0) is 7.05 Å². The summed E-state index contributed by atoms with van der Waals surface area (Å²) in [6, 6.07) is 6.75. The van der Waals surface area contributed by atoms with E-state index in [-0.39, 0.29) is 28.5 Å². The Balaban J connectivity index is 1.95. The van der Waals surface area contributed by atoms with E-state index in [2.05, 4.69) is 0 Å². The fraction of sp³-hybridized carbons (Fsp3) is 0.118. The van der Waals surface area contributed by atoms with Gasteiger partial charge in [0.15, 0.2) is 9.84 Å². The highest BCUT2D eigenvalue weighted by Gasteiger charge is 2.59. The minimum atomic E-state index is -8.30. The number of H-pyrrole nitrogens is 1. The molecule has 2 aromatic carbocycles. The largest absolute Gasteiger partial charge is 0.456 e. The average molecular weight is 468 g/mol. The molecule has 0 bridgehead atoms. The molecule has 30 heavy (non-hydrogen) atoms. The van der Waals surface area contributed by atoms with E-state index in [1.165, 1.54) is 25.2 Å². The highest BCUT2D eigenvalue weighted by atomic mass is 35.5. The van der Waals surface area contributed by atoms with Crippen molar-refractivity contribution >= 4 is 21.4 Å². The van der Waals surface area contributed by atoms with Crippen LogP contribution in [0.1, 0.15) is 0 Å². The lowest BCUT2D eigenvalue weighted by atomic mass is 10.3. The molecule has 13 heteroatoms. The fourth-order valence-electron chi connectivity index (χ4n) is 2.47. The number of hydrogen-bond acceptors (Lipinski definition) is 4. The maximum atomic E-state index is 13.4. The van der Waals surface area contributed by atoms with Gasteiger partial charge in [-0.1, -0.05) is 11.6 Å². The molecule has 0 fully saturated rings. The molecular weight excluding hydrogens is 454 g/mol. The van der Waals surface area contributed by atoms with Gasteiger partial charge in [-0.3, -0.25) is 4.98 Å². The van der Waals surface area contributed by atoms with Gasteiger partial charge in [0.25, 0.3) is 0 Å². The van der Waals surface area contributed by atoms with Crippen LogP contribution in [0.4, 0.5) is 15.5 Å². The van der Waals surface area contributed by atoms with Crippen molar-refractivity contribution in [3.63, 3.8) is 0 Å². The SMILES string of the molecule is Cn1c(=O)[nH]c(=O)n(-c2ccc(Oc3ccc(S(C)(F)(F)(F)F)cc3)c(Cl)c2)c1=O. The van der Waals surface area contributed by atoms with Gasteiger partial charge in [-0.25, -0.2) is 23.5 Å². The Morgan fingerprint density at radius 3 is 2.10 bits per heavy atom. The first kappa shape index (κ1) is 21.7. The summed E-state index contributed by atoms with van der Waals surface area (Å²) in [6.07, 6.45) is -0.380. The van der Waals surface area contributed by atoms with Crippen molar-refractivity contribution in [1.29, 1.82) is 0 Å². The number of aromatic amines is 1. The molecular formula is C17H14ClF4N3O4S. The van der Waals surface area contributed by atoms with Crippen LogP contribution in [0.3, 0.4) is 0 Å². The number of nitrogens with zero attached hydrogens (tertiary/aromatic N) is 2. The van der Waals surface area contributed by atoms with E-state index < -0.39 is 31.8 Å². The van der Waals surface area contributed by atoms with Crippen molar-refractivity contribution in [3.8, 4) is 17.2 Å². The summed E-state index contributed by atoms with van der Waals surface area (Å²) in [7, 11) is -7.13. The van der Waals surface area contributed by atoms with Gasteiger partial charge in [0.2, 0.25) is 0 Å². The van der Waals surface area contributed by atoms with Crippen LogP contribution in [0.2, 0.25) is 5.02 Å². The zero-order chi connectivity index (χ0) is 22.5. The Hall–Kier alpha value is -2.99. The number of halogens is 5. The van der Waals surface area contributed by atoms with Crippen LogP contribution in [0.25, 0.3) is 5.69 Å². The zero-order valence-electron chi connectivity index (χ0n) is 15.4. The molecule has 1 heterocycles. The molecule has 0 aliphatic heterocycles. The standard InChI is InChI=1S/C17H14ClF4N3O4S/c1-24-15(26)23-16(27)25(17(24)28)10-3-8-14(13(18)9-10)29-11-4-6-12(7-5-11)30(2,19,20,21)22/h3-9H,1-2H3,(H,23,26,27). The van der Waals surface area contributed by atoms with E-state index in [0.29, 0.717) is 21.3 Å². The lowest BCUT2D eigenvalue weighted by molar-refractivity contribution is 0.456. The normalized spacial score (nSPS) is 14.1. The summed E-state index contributed by atoms with van der Waals surface area (Å²) in [4.78, 5) is 36.2. The smallest absolute Gasteiger partial charge is 0.340 e. The number of nitrogens with one attached hydrogen (secondary N) is 1. The molecule has 1 N–H and O–H groups in total. The van der Waals surface area contributed by atoms with Crippen LogP contribution < -0.4 is 21.8 Å². The number of ether oxygens (including phenoxy) is 1. The zero-order valence-corrected chi connectivity index (χ0v) is 16.9. The molecule has 0 amide bonds. The van der Waals surface area contributed by atoms with Crippen molar-refractivity contribution < 1.29 is 20.3 Å². The monoisotopic (exact) mass is 467 g/mol. The summed E-state index contributed by atoms with van der Waals surface area (Å²) in [5, 5.41) is -0.0746. The van der Waals surface area contributed by atoms with Crippen LogP contribution in [0.15, 0.2) is 61.7 Å². The Morgan fingerprint density at radius 2 is 1.57 bits per heavy atom.